The number of anilines is 2. The van der Waals surface area contributed by atoms with Crippen LogP contribution in [0.1, 0.15) is 26.3 Å². The second-order valence-corrected chi connectivity index (χ2v) is 4.93. The third kappa shape index (κ3) is 4.24. The van der Waals surface area contributed by atoms with Crippen molar-refractivity contribution < 1.29 is 4.79 Å². The topological polar surface area (TPSA) is 80.0 Å². The first-order chi connectivity index (χ1) is 8.40. The number of aryl methyl sites for hydroxylation is 1. The highest BCUT2D eigenvalue weighted by Gasteiger charge is 2.13. The molecule has 100 valence electrons. The summed E-state index contributed by atoms with van der Waals surface area (Å²) in [7, 11) is 0. The average molecular weight is 250 g/mol. The summed E-state index contributed by atoms with van der Waals surface area (Å²) < 4.78 is 0. The number of aromatic nitrogens is 1. The van der Waals surface area contributed by atoms with Crippen LogP contribution in [0.5, 0.6) is 0 Å². The normalized spacial score (nSPS) is 12.3. The Morgan fingerprint density at radius 3 is 2.67 bits per heavy atom. The van der Waals surface area contributed by atoms with Crippen LogP contribution in [0.15, 0.2) is 12.3 Å². The van der Waals surface area contributed by atoms with Crippen molar-refractivity contribution in [3.8, 4) is 0 Å². The molecule has 1 rings (SSSR count). The fourth-order valence-electron chi connectivity index (χ4n) is 1.39. The van der Waals surface area contributed by atoms with Gasteiger partial charge in [0.05, 0.1) is 11.9 Å². The quantitative estimate of drug-likeness (QED) is 0.740. The Bertz CT molecular complexity index is 417. The van der Waals surface area contributed by atoms with E-state index in [9.17, 15) is 4.79 Å². The summed E-state index contributed by atoms with van der Waals surface area (Å²) in [6, 6.07) is 1.51. The highest BCUT2D eigenvalue weighted by molar-refractivity contribution is 5.83. The standard InChI is InChI=1S/C13H22N4O/c1-8(2)6-16-13(18)10(4)17-12-5-9(3)11(14)7-15-12/h5,7-8,10H,6,14H2,1-4H3,(H,15,17)(H,16,18). The van der Waals surface area contributed by atoms with E-state index in [1.54, 1.807) is 6.20 Å². The van der Waals surface area contributed by atoms with Crippen molar-refractivity contribution in [3.05, 3.63) is 17.8 Å². The summed E-state index contributed by atoms with van der Waals surface area (Å²) in [4.78, 5) is 15.9. The molecule has 0 aromatic carbocycles. The van der Waals surface area contributed by atoms with E-state index < -0.39 is 0 Å². The Morgan fingerprint density at radius 1 is 1.44 bits per heavy atom. The third-order valence-electron chi connectivity index (χ3n) is 2.59. The van der Waals surface area contributed by atoms with Crippen molar-refractivity contribution >= 4 is 17.4 Å². The third-order valence-corrected chi connectivity index (χ3v) is 2.59. The smallest absolute Gasteiger partial charge is 0.242 e. The number of pyridine rings is 1. The lowest BCUT2D eigenvalue weighted by Gasteiger charge is -2.16. The minimum atomic E-state index is -0.320. The molecule has 0 saturated heterocycles. The summed E-state index contributed by atoms with van der Waals surface area (Å²) in [5.41, 5.74) is 7.29. The molecule has 0 aliphatic rings. The average Bonchev–Trinajstić information content (AvgIpc) is 2.30. The van der Waals surface area contributed by atoms with Gasteiger partial charge in [-0.15, -0.1) is 0 Å². The van der Waals surface area contributed by atoms with Crippen LogP contribution in [0.3, 0.4) is 0 Å². The number of nitrogen functional groups attached to an aromatic ring is 1. The summed E-state index contributed by atoms with van der Waals surface area (Å²) in [6.45, 7) is 8.51. The summed E-state index contributed by atoms with van der Waals surface area (Å²) >= 11 is 0. The molecule has 1 atom stereocenters. The maximum absolute atomic E-state index is 11.8. The van der Waals surface area contributed by atoms with Crippen molar-refractivity contribution in [3.63, 3.8) is 0 Å². The number of carbonyl (C=O) groups excluding carboxylic acids is 1. The SMILES string of the molecule is Cc1cc(NC(C)C(=O)NCC(C)C)ncc1N. The van der Waals surface area contributed by atoms with Gasteiger partial charge in [0.15, 0.2) is 0 Å². The number of amides is 1. The summed E-state index contributed by atoms with van der Waals surface area (Å²) in [5.74, 6) is 1.08. The zero-order chi connectivity index (χ0) is 13.7. The highest BCUT2D eigenvalue weighted by Crippen LogP contribution is 2.13. The van der Waals surface area contributed by atoms with Gasteiger partial charge >= 0.3 is 0 Å². The maximum Gasteiger partial charge on any atom is 0.242 e. The largest absolute Gasteiger partial charge is 0.397 e. The molecular formula is C13H22N4O. The molecule has 1 amide bonds. The molecule has 1 unspecified atom stereocenters. The van der Waals surface area contributed by atoms with Gasteiger partial charge < -0.3 is 16.4 Å². The Labute approximate surface area is 108 Å². The molecule has 5 heteroatoms. The van der Waals surface area contributed by atoms with Crippen LogP contribution in [0.25, 0.3) is 0 Å². The lowest BCUT2D eigenvalue weighted by Crippen LogP contribution is -2.39. The predicted octanol–water partition coefficient (Wildman–Crippen LogP) is 1.54. The van der Waals surface area contributed by atoms with Gasteiger partial charge in [-0.1, -0.05) is 13.8 Å². The minimum absolute atomic E-state index is 0.0278. The molecular weight excluding hydrogens is 228 g/mol. The van der Waals surface area contributed by atoms with Crippen LogP contribution in [-0.4, -0.2) is 23.5 Å². The van der Waals surface area contributed by atoms with E-state index in [2.05, 4.69) is 29.5 Å². The zero-order valence-electron chi connectivity index (χ0n) is 11.4. The van der Waals surface area contributed by atoms with Gasteiger partial charge in [-0.25, -0.2) is 4.98 Å². The van der Waals surface area contributed by atoms with Crippen LogP contribution < -0.4 is 16.4 Å². The van der Waals surface area contributed by atoms with E-state index in [0.29, 0.717) is 24.0 Å². The first-order valence-corrected chi connectivity index (χ1v) is 6.16. The highest BCUT2D eigenvalue weighted by atomic mass is 16.2. The van der Waals surface area contributed by atoms with Crippen LogP contribution in [0, 0.1) is 12.8 Å². The van der Waals surface area contributed by atoms with Crippen molar-refractivity contribution in [2.24, 2.45) is 5.92 Å². The van der Waals surface area contributed by atoms with Gasteiger partial charge in [-0.2, -0.15) is 0 Å². The van der Waals surface area contributed by atoms with Crippen LogP contribution in [0.4, 0.5) is 11.5 Å². The molecule has 1 heterocycles. The summed E-state index contributed by atoms with van der Waals surface area (Å²) in [5, 5.41) is 5.93. The molecule has 0 radical (unpaired) electrons. The van der Waals surface area contributed by atoms with Gasteiger partial charge in [0.25, 0.3) is 0 Å². The Hall–Kier alpha value is -1.78. The lowest BCUT2D eigenvalue weighted by atomic mass is 10.2. The second kappa shape index (κ2) is 6.23. The van der Waals surface area contributed by atoms with Gasteiger partial charge in [0.2, 0.25) is 5.91 Å². The van der Waals surface area contributed by atoms with Crippen molar-refractivity contribution in [2.75, 3.05) is 17.6 Å². The number of hydrogen-bond acceptors (Lipinski definition) is 4. The first-order valence-electron chi connectivity index (χ1n) is 6.16. The molecule has 4 N–H and O–H groups in total. The first kappa shape index (κ1) is 14.3. The van der Waals surface area contributed by atoms with E-state index in [1.165, 1.54) is 0 Å². The molecule has 5 nitrogen and oxygen atoms in total. The molecule has 0 aliphatic heterocycles. The second-order valence-electron chi connectivity index (χ2n) is 4.93. The number of rotatable bonds is 5. The Kier molecular flexibility index (Phi) is 4.95. The fraction of sp³-hybridized carbons (Fsp3) is 0.538. The van der Waals surface area contributed by atoms with E-state index in [0.717, 1.165) is 5.56 Å². The zero-order valence-corrected chi connectivity index (χ0v) is 11.4. The molecule has 0 fully saturated rings. The molecule has 0 aliphatic carbocycles. The lowest BCUT2D eigenvalue weighted by molar-refractivity contribution is -0.121. The minimum Gasteiger partial charge on any atom is -0.397 e. The summed E-state index contributed by atoms with van der Waals surface area (Å²) in [6.07, 6.45) is 1.59. The fourth-order valence-corrected chi connectivity index (χ4v) is 1.39. The monoisotopic (exact) mass is 250 g/mol. The van der Waals surface area contributed by atoms with Crippen LogP contribution in [-0.2, 0) is 4.79 Å². The van der Waals surface area contributed by atoms with Gasteiger partial charge in [-0.3, -0.25) is 4.79 Å². The number of nitrogens with two attached hydrogens (primary N) is 1. The van der Waals surface area contributed by atoms with Crippen LogP contribution in [0.2, 0.25) is 0 Å². The molecule has 1 aromatic rings. The van der Waals surface area contributed by atoms with E-state index in [-0.39, 0.29) is 11.9 Å². The maximum atomic E-state index is 11.8. The predicted molar refractivity (Wildman–Crippen MR) is 74.3 cm³/mol. The van der Waals surface area contributed by atoms with Gasteiger partial charge in [0, 0.05) is 6.54 Å². The van der Waals surface area contributed by atoms with Crippen molar-refractivity contribution in [1.82, 2.24) is 10.3 Å². The number of hydrogen-bond donors (Lipinski definition) is 3. The van der Waals surface area contributed by atoms with Gasteiger partial charge in [0.1, 0.15) is 11.9 Å². The molecule has 1 aromatic heterocycles. The van der Waals surface area contributed by atoms with Gasteiger partial charge in [-0.05, 0) is 31.4 Å². The molecule has 0 bridgehead atoms. The molecule has 0 saturated carbocycles. The number of nitrogens with zero attached hydrogens (tertiary/aromatic N) is 1. The molecule has 0 spiro atoms. The number of carbonyl (C=O) groups is 1. The van der Waals surface area contributed by atoms with E-state index >= 15 is 0 Å². The molecule has 18 heavy (non-hydrogen) atoms. The Morgan fingerprint density at radius 2 is 2.11 bits per heavy atom. The van der Waals surface area contributed by atoms with E-state index in [1.807, 2.05) is 19.9 Å². The van der Waals surface area contributed by atoms with Crippen LogP contribution >= 0.6 is 0 Å². The van der Waals surface area contributed by atoms with E-state index in [4.69, 9.17) is 5.73 Å². The van der Waals surface area contributed by atoms with Crippen molar-refractivity contribution in [2.45, 2.75) is 33.7 Å². The Balaban J connectivity index is 2.55. The number of nitrogens with one attached hydrogen (secondary N) is 2. The van der Waals surface area contributed by atoms with Crippen molar-refractivity contribution in [1.29, 1.82) is 0 Å².